The highest BCUT2D eigenvalue weighted by atomic mass is 32.2. The van der Waals surface area contributed by atoms with Gasteiger partial charge in [-0.25, -0.2) is 32.7 Å². The van der Waals surface area contributed by atoms with E-state index in [9.17, 15) is 27.6 Å². The van der Waals surface area contributed by atoms with Gasteiger partial charge in [-0.2, -0.15) is 0 Å². The number of ketones is 2. The SMILES string of the molecule is CCCNS(=O)(=O)c1ccc(C(=O)c2ccccc2NC(Cc2ccc(OCCc3nc(-c4ccccc4)oc3C)cc2)C(=O)OC(=O)C(Cc2ccc(OCCc3nc(-c4ccccc4)oc3C)cc2)Nc2ccccc2C(=O)c2cccc(N)c2)cc1. The lowest BCUT2D eigenvalue weighted by Crippen LogP contribution is -2.40. The van der Waals surface area contributed by atoms with Crippen molar-refractivity contribution in [3.8, 4) is 34.4 Å². The van der Waals surface area contributed by atoms with Crippen LogP contribution in [-0.4, -0.2) is 73.7 Å². The molecule has 10 rings (SSSR count). The van der Waals surface area contributed by atoms with Crippen LogP contribution in [0.2, 0.25) is 0 Å². The molecule has 2 heterocycles. The number of anilines is 3. The third-order valence-electron chi connectivity index (χ3n) is 14.7. The summed E-state index contributed by atoms with van der Waals surface area (Å²) in [6.45, 7) is 6.44. The maximum absolute atomic E-state index is 14.9. The highest BCUT2D eigenvalue weighted by Gasteiger charge is 2.31. The fraction of sp³-hybridized carbons (Fsp3) is 0.183. The van der Waals surface area contributed by atoms with E-state index >= 15 is 0 Å². The lowest BCUT2D eigenvalue weighted by molar-refractivity contribution is -0.160. The van der Waals surface area contributed by atoms with Gasteiger partial charge < -0.3 is 39.4 Å². The second-order valence-corrected chi connectivity index (χ2v) is 22.9. The smallest absolute Gasteiger partial charge is 0.336 e. The number of hydrogen-bond donors (Lipinski definition) is 4. The monoisotopic (exact) mass is 1210 g/mol. The predicted molar refractivity (Wildman–Crippen MR) is 340 cm³/mol. The number of aromatic nitrogens is 2. The van der Waals surface area contributed by atoms with Gasteiger partial charge in [0.05, 0.1) is 29.5 Å². The van der Waals surface area contributed by atoms with Crippen LogP contribution in [-0.2, 0) is 50.0 Å². The quantitative estimate of drug-likeness (QED) is 0.0154. The number of para-hydroxylation sites is 2. The summed E-state index contributed by atoms with van der Waals surface area (Å²) in [6.07, 6.45) is 1.52. The second-order valence-electron chi connectivity index (χ2n) is 21.1. The average Bonchev–Trinajstić information content (AvgIpc) is 2.27. The number of ether oxygens (including phenoxy) is 3. The van der Waals surface area contributed by atoms with Gasteiger partial charge >= 0.3 is 11.9 Å². The summed E-state index contributed by atoms with van der Waals surface area (Å²) >= 11 is 0. The molecule has 0 fully saturated rings. The Morgan fingerprint density at radius 1 is 0.528 bits per heavy atom. The minimum absolute atomic E-state index is 0.000915. The molecule has 89 heavy (non-hydrogen) atoms. The van der Waals surface area contributed by atoms with Gasteiger partial charge in [-0.05, 0) is 141 Å². The number of oxazole rings is 2. The summed E-state index contributed by atoms with van der Waals surface area (Å²) in [4.78, 5) is 67.7. The number of aryl methyl sites for hydroxylation is 2. The van der Waals surface area contributed by atoms with Crippen molar-refractivity contribution >= 4 is 50.6 Å². The lowest BCUT2D eigenvalue weighted by atomic mass is 9.99. The first-order valence-corrected chi connectivity index (χ1v) is 30.6. The van der Waals surface area contributed by atoms with Gasteiger partial charge in [0, 0.05) is 82.7 Å². The zero-order valence-corrected chi connectivity index (χ0v) is 50.1. The molecule has 0 aliphatic heterocycles. The van der Waals surface area contributed by atoms with Gasteiger partial charge in [0.1, 0.15) is 35.1 Å². The normalized spacial score (nSPS) is 11.9. The van der Waals surface area contributed by atoms with E-state index in [1.807, 2.05) is 81.4 Å². The average molecular weight is 1210 g/mol. The number of nitrogens with two attached hydrogens (primary N) is 1. The van der Waals surface area contributed by atoms with Gasteiger partial charge in [0.25, 0.3) is 0 Å². The minimum atomic E-state index is -3.81. The molecule has 5 N–H and O–H groups in total. The molecule has 2 unspecified atom stereocenters. The Balaban J connectivity index is 0.898. The summed E-state index contributed by atoms with van der Waals surface area (Å²) in [5.41, 5.74) is 12.6. The molecule has 0 amide bonds. The summed E-state index contributed by atoms with van der Waals surface area (Å²) in [6, 6.07) is 56.5. The summed E-state index contributed by atoms with van der Waals surface area (Å²) in [5, 5.41) is 6.47. The van der Waals surface area contributed by atoms with E-state index in [1.165, 1.54) is 24.3 Å². The molecular formula is C71H66N6O11S. The summed E-state index contributed by atoms with van der Waals surface area (Å²) < 4.78 is 58.5. The van der Waals surface area contributed by atoms with Crippen LogP contribution in [0, 0.1) is 13.8 Å². The van der Waals surface area contributed by atoms with Crippen LogP contribution >= 0.6 is 0 Å². The molecular weight excluding hydrogens is 1140 g/mol. The molecule has 0 saturated carbocycles. The predicted octanol–water partition coefficient (Wildman–Crippen LogP) is 12.4. The van der Waals surface area contributed by atoms with Gasteiger partial charge in [-0.15, -0.1) is 0 Å². The molecule has 10 aromatic rings. The zero-order valence-electron chi connectivity index (χ0n) is 49.3. The minimum Gasteiger partial charge on any atom is -0.493 e. The Kier molecular flexibility index (Phi) is 20.0. The van der Waals surface area contributed by atoms with Gasteiger partial charge in [0.15, 0.2) is 11.6 Å². The Morgan fingerprint density at radius 3 is 1.44 bits per heavy atom. The van der Waals surface area contributed by atoms with Crippen LogP contribution in [0.25, 0.3) is 22.9 Å². The van der Waals surface area contributed by atoms with Crippen LogP contribution in [0.5, 0.6) is 11.5 Å². The van der Waals surface area contributed by atoms with E-state index in [0.717, 1.165) is 22.5 Å². The number of hydrogen-bond acceptors (Lipinski definition) is 16. The molecule has 0 radical (unpaired) electrons. The first-order valence-electron chi connectivity index (χ1n) is 29.2. The van der Waals surface area contributed by atoms with Gasteiger partial charge in [-0.1, -0.05) is 104 Å². The Hall–Kier alpha value is -10.4. The largest absolute Gasteiger partial charge is 0.493 e. The van der Waals surface area contributed by atoms with Crippen LogP contribution in [0.3, 0.4) is 0 Å². The van der Waals surface area contributed by atoms with E-state index in [0.29, 0.717) is 95.3 Å². The number of benzene rings is 8. The van der Waals surface area contributed by atoms with Gasteiger partial charge in [0.2, 0.25) is 21.8 Å². The number of nitrogens with zero attached hydrogens (tertiary/aromatic N) is 2. The van der Waals surface area contributed by atoms with Crippen molar-refractivity contribution in [2.75, 3.05) is 36.1 Å². The van der Waals surface area contributed by atoms with Gasteiger partial charge in [-0.3, -0.25) is 9.59 Å². The molecule has 18 heteroatoms. The maximum Gasteiger partial charge on any atom is 0.336 e. The fourth-order valence-electron chi connectivity index (χ4n) is 9.89. The molecule has 2 aromatic heterocycles. The van der Waals surface area contributed by atoms with Crippen molar-refractivity contribution in [1.29, 1.82) is 0 Å². The molecule has 0 aliphatic carbocycles. The Labute approximate surface area is 516 Å². The van der Waals surface area contributed by atoms with Crippen molar-refractivity contribution in [2.45, 2.75) is 69.9 Å². The van der Waals surface area contributed by atoms with Crippen molar-refractivity contribution < 1.29 is 50.6 Å². The van der Waals surface area contributed by atoms with E-state index in [1.54, 1.807) is 121 Å². The van der Waals surface area contributed by atoms with E-state index < -0.39 is 39.8 Å². The molecule has 0 spiro atoms. The third kappa shape index (κ3) is 16.0. The highest BCUT2D eigenvalue weighted by Crippen LogP contribution is 2.28. The number of carbonyl (C=O) groups is 4. The zero-order chi connectivity index (χ0) is 62.3. The van der Waals surface area contributed by atoms with Crippen LogP contribution in [0.15, 0.2) is 220 Å². The standard InChI is InChI=1S/C71H66N6O11S/c1-4-40-73-89(82,83)57-36-30-50(31-37-57)66(78)58-22-11-13-24-62(58)74-64(43-48-26-32-55(33-27-48)84-41-38-60-46(2)86-68(76-60)51-16-7-5-8-17-51)70(80)88-71(81)65(75-63-25-14-12-23-59(63)67(79)53-20-15-21-54(72)45-53)44-49-28-34-56(35-29-49)85-42-39-61-47(3)87-69(77-61)52-18-9-6-10-19-52/h5-37,45,64-65,73-75H,4,38-44,72H2,1-3H3. The topological polar surface area (TPSA) is 244 Å². The first kappa shape index (κ1) is 61.7. The van der Waals surface area contributed by atoms with Crippen molar-refractivity contribution in [3.63, 3.8) is 0 Å². The number of rotatable bonds is 28. The molecule has 0 aliphatic rings. The highest BCUT2D eigenvalue weighted by molar-refractivity contribution is 7.89. The number of nitrogens with one attached hydrogen (secondary N) is 3. The van der Waals surface area contributed by atoms with Crippen LogP contribution in [0.4, 0.5) is 17.1 Å². The van der Waals surface area contributed by atoms with Crippen molar-refractivity contribution in [3.05, 3.63) is 263 Å². The van der Waals surface area contributed by atoms with Crippen molar-refractivity contribution in [2.24, 2.45) is 0 Å². The molecule has 452 valence electrons. The summed E-state index contributed by atoms with van der Waals surface area (Å²) in [5.74, 6) is 0.823. The number of carbonyl (C=O) groups excluding carboxylic acids is 4. The third-order valence-corrected chi connectivity index (χ3v) is 16.1. The molecule has 17 nitrogen and oxygen atoms in total. The maximum atomic E-state index is 14.9. The first-order chi connectivity index (χ1) is 43.2. The molecule has 2 atom stereocenters. The Bertz CT molecular complexity index is 4190. The second kappa shape index (κ2) is 28.8. The number of sulfonamides is 1. The van der Waals surface area contributed by atoms with E-state index in [-0.39, 0.29) is 52.4 Å². The van der Waals surface area contributed by atoms with E-state index in [2.05, 4.69) is 15.4 Å². The van der Waals surface area contributed by atoms with Crippen LogP contribution < -0.4 is 30.6 Å². The number of nitrogen functional groups attached to an aromatic ring is 1. The number of esters is 2. The van der Waals surface area contributed by atoms with Crippen LogP contribution in [0.1, 0.15) is 79.2 Å². The summed E-state index contributed by atoms with van der Waals surface area (Å²) in [7, 11) is -3.81. The molecule has 0 saturated heterocycles. The molecule has 8 aromatic carbocycles. The van der Waals surface area contributed by atoms with E-state index in [4.69, 9.17) is 38.7 Å². The van der Waals surface area contributed by atoms with Crippen molar-refractivity contribution in [1.82, 2.24) is 14.7 Å². The molecule has 0 bridgehead atoms. The Morgan fingerprint density at radius 2 is 0.978 bits per heavy atom. The fourth-order valence-corrected chi connectivity index (χ4v) is 11.0. The lowest BCUT2D eigenvalue weighted by Gasteiger charge is -2.23.